The lowest BCUT2D eigenvalue weighted by Crippen LogP contribution is -2.30. The molecule has 0 radical (unpaired) electrons. The summed E-state index contributed by atoms with van der Waals surface area (Å²) in [4.78, 5) is 0. The number of benzene rings is 2. The van der Waals surface area contributed by atoms with Crippen molar-refractivity contribution in [3.05, 3.63) is 48.0 Å². The first-order valence-electron chi connectivity index (χ1n) is 10.8. The molecule has 0 aromatic heterocycles. The molecule has 0 aliphatic heterocycles. The third kappa shape index (κ3) is 6.26. The third-order valence-corrected chi connectivity index (χ3v) is 5.35. The zero-order valence-corrected chi connectivity index (χ0v) is 18.9. The maximum absolute atomic E-state index is 6.02. The number of thiocarbonyl (C=S) groups is 1. The number of ether oxygens (including phenoxy) is 3. The molecule has 0 saturated heterocycles. The molecule has 5 nitrogen and oxygen atoms in total. The molecule has 162 valence electrons. The van der Waals surface area contributed by atoms with Crippen molar-refractivity contribution >= 4 is 23.0 Å². The number of anilines is 1. The summed E-state index contributed by atoms with van der Waals surface area (Å²) in [6.45, 7) is 7.19. The molecule has 1 aliphatic rings. The van der Waals surface area contributed by atoms with Gasteiger partial charge in [-0.15, -0.1) is 0 Å². The van der Waals surface area contributed by atoms with Crippen LogP contribution in [0.1, 0.15) is 58.1 Å². The average molecular weight is 429 g/mol. The highest BCUT2D eigenvalue weighted by molar-refractivity contribution is 7.80. The van der Waals surface area contributed by atoms with Gasteiger partial charge in [-0.25, -0.2) is 0 Å². The molecular formula is C24H32N2O3S. The average Bonchev–Trinajstić information content (AvgIpc) is 3.24. The second kappa shape index (κ2) is 11.1. The van der Waals surface area contributed by atoms with Gasteiger partial charge in [0.05, 0.1) is 25.4 Å². The highest BCUT2D eigenvalue weighted by atomic mass is 32.1. The van der Waals surface area contributed by atoms with Gasteiger partial charge in [-0.1, -0.05) is 6.07 Å². The van der Waals surface area contributed by atoms with Crippen molar-refractivity contribution in [3.63, 3.8) is 0 Å². The van der Waals surface area contributed by atoms with Crippen LogP contribution < -0.4 is 24.8 Å². The predicted octanol–water partition coefficient (Wildman–Crippen LogP) is 5.85. The summed E-state index contributed by atoms with van der Waals surface area (Å²) in [5.74, 6) is 2.43. The molecule has 0 spiro atoms. The van der Waals surface area contributed by atoms with E-state index >= 15 is 0 Å². The van der Waals surface area contributed by atoms with Crippen LogP contribution in [0.5, 0.6) is 17.2 Å². The van der Waals surface area contributed by atoms with Gasteiger partial charge in [0.2, 0.25) is 0 Å². The molecule has 2 aromatic rings. The van der Waals surface area contributed by atoms with E-state index in [4.69, 9.17) is 26.4 Å². The minimum absolute atomic E-state index is 0.0184. The monoisotopic (exact) mass is 428 g/mol. The van der Waals surface area contributed by atoms with E-state index in [1.807, 2.05) is 56.3 Å². The largest absolute Gasteiger partial charge is 0.490 e. The fourth-order valence-corrected chi connectivity index (χ4v) is 3.89. The molecular weight excluding hydrogens is 396 g/mol. The maximum atomic E-state index is 6.02. The summed E-state index contributed by atoms with van der Waals surface area (Å²) in [6.07, 6.45) is 5.21. The van der Waals surface area contributed by atoms with Crippen LogP contribution in [0.4, 0.5) is 5.69 Å². The highest BCUT2D eigenvalue weighted by Gasteiger charge is 2.16. The Kier molecular flexibility index (Phi) is 8.20. The van der Waals surface area contributed by atoms with E-state index in [-0.39, 0.29) is 6.04 Å². The summed E-state index contributed by atoms with van der Waals surface area (Å²) < 4.78 is 17.4. The first-order chi connectivity index (χ1) is 14.6. The summed E-state index contributed by atoms with van der Waals surface area (Å²) in [6, 6.07) is 14.0. The first-order valence-corrected chi connectivity index (χ1v) is 11.2. The number of hydrogen-bond acceptors (Lipinski definition) is 4. The Bertz CT molecular complexity index is 820. The van der Waals surface area contributed by atoms with E-state index in [1.54, 1.807) is 0 Å². The lowest BCUT2D eigenvalue weighted by Gasteiger charge is -2.19. The molecule has 0 bridgehead atoms. The molecule has 1 fully saturated rings. The third-order valence-electron chi connectivity index (χ3n) is 5.13. The molecule has 3 rings (SSSR count). The zero-order chi connectivity index (χ0) is 21.3. The molecule has 6 heteroatoms. The van der Waals surface area contributed by atoms with Crippen LogP contribution in [0.2, 0.25) is 0 Å². The lowest BCUT2D eigenvalue weighted by atomic mass is 10.1. The van der Waals surface area contributed by atoms with Crippen LogP contribution in [0.25, 0.3) is 0 Å². The predicted molar refractivity (Wildman–Crippen MR) is 126 cm³/mol. The second-order valence-electron chi connectivity index (χ2n) is 7.44. The van der Waals surface area contributed by atoms with Crippen LogP contribution in [0, 0.1) is 0 Å². The van der Waals surface area contributed by atoms with Crippen LogP contribution in [-0.4, -0.2) is 24.4 Å². The van der Waals surface area contributed by atoms with Crippen LogP contribution in [0.3, 0.4) is 0 Å². The van der Waals surface area contributed by atoms with Gasteiger partial charge in [0.25, 0.3) is 0 Å². The van der Waals surface area contributed by atoms with E-state index in [9.17, 15) is 0 Å². The van der Waals surface area contributed by atoms with Gasteiger partial charge in [-0.05, 0) is 101 Å². The number of rotatable bonds is 9. The van der Waals surface area contributed by atoms with Gasteiger partial charge in [0.1, 0.15) is 5.75 Å². The van der Waals surface area contributed by atoms with Crippen molar-refractivity contribution in [3.8, 4) is 17.2 Å². The second-order valence-corrected chi connectivity index (χ2v) is 7.85. The Labute approximate surface area is 185 Å². The molecule has 0 unspecified atom stereocenters. The van der Waals surface area contributed by atoms with E-state index in [1.165, 1.54) is 12.8 Å². The molecule has 0 heterocycles. The van der Waals surface area contributed by atoms with Crippen LogP contribution in [0.15, 0.2) is 42.5 Å². The Hall–Kier alpha value is -2.47. The summed E-state index contributed by atoms with van der Waals surface area (Å²) in [5, 5.41) is 7.14. The Morgan fingerprint density at radius 1 is 1.00 bits per heavy atom. The van der Waals surface area contributed by atoms with Crippen molar-refractivity contribution in [2.45, 2.75) is 58.6 Å². The van der Waals surface area contributed by atoms with E-state index in [0.717, 1.165) is 41.3 Å². The lowest BCUT2D eigenvalue weighted by molar-refractivity contribution is 0.210. The van der Waals surface area contributed by atoms with Crippen LogP contribution in [-0.2, 0) is 0 Å². The normalized spacial score (nSPS) is 14.8. The minimum atomic E-state index is 0.0184. The van der Waals surface area contributed by atoms with E-state index in [2.05, 4.69) is 17.6 Å². The van der Waals surface area contributed by atoms with Gasteiger partial charge in [0, 0.05) is 5.69 Å². The molecule has 0 amide bonds. The van der Waals surface area contributed by atoms with Crippen molar-refractivity contribution in [1.82, 2.24) is 5.32 Å². The van der Waals surface area contributed by atoms with Crippen molar-refractivity contribution < 1.29 is 14.2 Å². The minimum Gasteiger partial charge on any atom is -0.490 e. The van der Waals surface area contributed by atoms with Gasteiger partial charge in [-0.2, -0.15) is 0 Å². The maximum Gasteiger partial charge on any atom is 0.171 e. The molecule has 1 aliphatic carbocycles. The number of hydrogen-bond donors (Lipinski definition) is 2. The topological polar surface area (TPSA) is 51.8 Å². The zero-order valence-electron chi connectivity index (χ0n) is 18.1. The first kappa shape index (κ1) is 22.2. The Morgan fingerprint density at radius 3 is 2.33 bits per heavy atom. The van der Waals surface area contributed by atoms with Crippen LogP contribution >= 0.6 is 12.2 Å². The molecule has 1 saturated carbocycles. The molecule has 1 atom stereocenters. The Balaban J connectivity index is 1.55. The summed E-state index contributed by atoms with van der Waals surface area (Å²) in [5.41, 5.74) is 2.01. The fourth-order valence-electron chi connectivity index (χ4n) is 3.60. The molecule has 2 N–H and O–H groups in total. The smallest absolute Gasteiger partial charge is 0.171 e. The summed E-state index contributed by atoms with van der Waals surface area (Å²) >= 11 is 5.50. The molecule has 2 aromatic carbocycles. The Morgan fingerprint density at radius 2 is 1.67 bits per heavy atom. The van der Waals surface area contributed by atoms with Gasteiger partial charge in [0.15, 0.2) is 16.6 Å². The van der Waals surface area contributed by atoms with Gasteiger partial charge < -0.3 is 24.8 Å². The van der Waals surface area contributed by atoms with E-state index in [0.29, 0.717) is 24.4 Å². The van der Waals surface area contributed by atoms with E-state index < -0.39 is 0 Å². The SMILES string of the molecule is CCOc1ccc([C@H](C)NC(=S)Nc2ccc(OC3CCCC3)cc2)cc1OCC. The van der Waals surface area contributed by atoms with Crippen molar-refractivity contribution in [1.29, 1.82) is 0 Å². The highest BCUT2D eigenvalue weighted by Crippen LogP contribution is 2.31. The van der Waals surface area contributed by atoms with Crippen molar-refractivity contribution in [2.24, 2.45) is 0 Å². The van der Waals surface area contributed by atoms with Gasteiger partial charge >= 0.3 is 0 Å². The fraction of sp³-hybridized carbons (Fsp3) is 0.458. The van der Waals surface area contributed by atoms with Gasteiger partial charge in [-0.3, -0.25) is 0 Å². The quantitative estimate of drug-likeness (QED) is 0.489. The van der Waals surface area contributed by atoms with Crippen molar-refractivity contribution in [2.75, 3.05) is 18.5 Å². The standard InChI is InChI=1S/C24H32N2O3S/c1-4-27-22-15-10-18(16-23(22)28-5-2)17(3)25-24(30)26-19-11-13-21(14-12-19)29-20-8-6-7-9-20/h10-17,20H,4-9H2,1-3H3,(H2,25,26,30)/t17-/m0/s1. The number of nitrogens with one attached hydrogen (secondary N) is 2. The summed E-state index contributed by atoms with van der Waals surface area (Å²) in [7, 11) is 0. The molecule has 30 heavy (non-hydrogen) atoms.